The Hall–Kier alpha value is -4.21. The van der Waals surface area contributed by atoms with Crippen LogP contribution >= 0.6 is 0 Å². The quantitative estimate of drug-likeness (QED) is 0.307. The Morgan fingerprint density at radius 2 is 1.48 bits per heavy atom. The van der Waals surface area contributed by atoms with Crippen LogP contribution in [0.4, 0.5) is 0 Å². The molecule has 0 saturated carbocycles. The smallest absolute Gasteiger partial charge is 0.328 e. The number of benzene rings is 1. The number of carboxylic acids is 4. The minimum absolute atomic E-state index is 0.546. The molecule has 0 bridgehead atoms. The molecular weight excluding hydrogens is 522 g/mol. The Bertz CT molecular complexity index is 998. The van der Waals surface area contributed by atoms with Gasteiger partial charge >= 0.3 is 23.9 Å². The van der Waals surface area contributed by atoms with Crippen LogP contribution in [0.5, 0.6) is 5.75 Å². The number of nitriles is 1. The van der Waals surface area contributed by atoms with Crippen molar-refractivity contribution in [1.82, 2.24) is 9.80 Å². The zero-order valence-corrected chi connectivity index (χ0v) is 22.5. The lowest BCUT2D eigenvalue weighted by atomic mass is 9.99. The van der Waals surface area contributed by atoms with Crippen molar-refractivity contribution in [2.75, 3.05) is 39.3 Å². The lowest BCUT2D eigenvalue weighted by Crippen LogP contribution is -2.54. The van der Waals surface area contributed by atoms with Gasteiger partial charge in [-0.1, -0.05) is 13.3 Å². The second-order valence-corrected chi connectivity index (χ2v) is 9.35. The predicted molar refractivity (Wildman–Crippen MR) is 145 cm³/mol. The van der Waals surface area contributed by atoms with Crippen LogP contribution in [0.2, 0.25) is 0 Å². The third-order valence-corrected chi connectivity index (χ3v) is 6.11. The molecule has 0 aromatic heterocycles. The van der Waals surface area contributed by atoms with Gasteiger partial charge < -0.3 is 30.1 Å². The Balaban J connectivity index is 0.000000412. The molecule has 1 aromatic rings. The van der Waals surface area contributed by atoms with Gasteiger partial charge in [0, 0.05) is 50.0 Å². The van der Waals surface area contributed by atoms with Crippen LogP contribution in [0.3, 0.4) is 0 Å². The van der Waals surface area contributed by atoms with Crippen LogP contribution < -0.4 is 4.74 Å². The van der Waals surface area contributed by atoms with E-state index in [0.29, 0.717) is 35.8 Å². The summed E-state index contributed by atoms with van der Waals surface area (Å²) in [6.45, 7) is 9.23. The number of piperidine rings is 1. The van der Waals surface area contributed by atoms with E-state index in [-0.39, 0.29) is 0 Å². The summed E-state index contributed by atoms with van der Waals surface area (Å²) >= 11 is 0. The van der Waals surface area contributed by atoms with E-state index in [1.165, 1.54) is 58.4 Å². The minimum atomic E-state index is -1.26. The standard InChI is InChI=1S/C20H29N3O.2C4H4O4/c1-17(16-24-20-7-5-18(14-21)6-8-20)9-11-22-12-13-23-10-3-2-4-19(23)15-22;2*5-3(6)1-2-4(7)8/h5-8,17,19H,2-4,9-13,15-16H2,1H3;2*1-2H,(H,5,6)(H,7,8). The van der Waals surface area contributed by atoms with Gasteiger partial charge in [-0.25, -0.2) is 19.2 Å². The predicted octanol–water partition coefficient (Wildman–Crippen LogP) is 2.56. The molecule has 2 fully saturated rings. The molecule has 40 heavy (non-hydrogen) atoms. The van der Waals surface area contributed by atoms with E-state index in [4.69, 9.17) is 30.4 Å². The SMILES string of the molecule is CC(CCN1CCN2CCCCC2C1)COc1ccc(C#N)cc1.O=C(O)C=CC(=O)O.O=C(O)C=CC(=O)O. The molecule has 3 rings (SSSR count). The molecular formula is C28H37N3O9. The van der Waals surface area contributed by atoms with Crippen LogP contribution in [-0.2, 0) is 19.2 Å². The van der Waals surface area contributed by atoms with Crippen molar-refractivity contribution >= 4 is 23.9 Å². The molecule has 12 nitrogen and oxygen atoms in total. The molecule has 2 heterocycles. The van der Waals surface area contributed by atoms with Crippen molar-refractivity contribution in [2.24, 2.45) is 5.92 Å². The summed E-state index contributed by atoms with van der Waals surface area (Å²) < 4.78 is 5.86. The highest BCUT2D eigenvalue weighted by molar-refractivity contribution is 5.90. The molecule has 2 saturated heterocycles. The van der Waals surface area contributed by atoms with Gasteiger partial charge in [0.1, 0.15) is 5.75 Å². The summed E-state index contributed by atoms with van der Waals surface area (Å²) in [4.78, 5) is 43.5. The number of rotatable bonds is 10. The molecule has 0 amide bonds. The summed E-state index contributed by atoms with van der Waals surface area (Å²) in [5.41, 5.74) is 0.678. The van der Waals surface area contributed by atoms with Gasteiger partial charge in [-0.05, 0) is 62.5 Å². The average molecular weight is 560 g/mol. The van der Waals surface area contributed by atoms with Crippen molar-refractivity contribution in [3.05, 3.63) is 54.1 Å². The van der Waals surface area contributed by atoms with Gasteiger partial charge in [-0.3, -0.25) is 4.90 Å². The number of fused-ring (bicyclic) bond motifs is 1. The van der Waals surface area contributed by atoms with Crippen LogP contribution in [0.1, 0.15) is 38.2 Å². The number of carbonyl (C=O) groups is 4. The summed E-state index contributed by atoms with van der Waals surface area (Å²) in [5.74, 6) is -3.62. The summed E-state index contributed by atoms with van der Waals surface area (Å²) in [7, 11) is 0. The third-order valence-electron chi connectivity index (χ3n) is 6.11. The largest absolute Gasteiger partial charge is 0.493 e. The van der Waals surface area contributed by atoms with E-state index in [1.807, 2.05) is 24.3 Å². The molecule has 2 aliphatic rings. The molecule has 2 unspecified atom stereocenters. The van der Waals surface area contributed by atoms with Crippen molar-refractivity contribution in [3.8, 4) is 11.8 Å². The van der Waals surface area contributed by atoms with Crippen molar-refractivity contribution < 1.29 is 44.3 Å². The Labute approximate surface area is 233 Å². The van der Waals surface area contributed by atoms with Crippen molar-refractivity contribution in [2.45, 2.75) is 38.6 Å². The molecule has 0 radical (unpaired) electrons. The van der Waals surface area contributed by atoms with Crippen molar-refractivity contribution in [3.63, 3.8) is 0 Å². The summed E-state index contributed by atoms with van der Waals surface area (Å²) in [5, 5.41) is 40.1. The Morgan fingerprint density at radius 3 is 1.98 bits per heavy atom. The fourth-order valence-corrected chi connectivity index (χ4v) is 4.06. The summed E-state index contributed by atoms with van der Waals surface area (Å²) in [6.07, 6.45) is 7.59. The van der Waals surface area contributed by atoms with Crippen LogP contribution in [-0.4, -0.2) is 99.5 Å². The van der Waals surface area contributed by atoms with Gasteiger partial charge in [0.2, 0.25) is 0 Å². The number of piperazine rings is 1. The van der Waals surface area contributed by atoms with Gasteiger partial charge in [-0.15, -0.1) is 0 Å². The molecule has 0 aliphatic carbocycles. The zero-order valence-electron chi connectivity index (χ0n) is 22.5. The maximum absolute atomic E-state index is 9.55. The Morgan fingerprint density at radius 1 is 0.925 bits per heavy atom. The maximum Gasteiger partial charge on any atom is 0.328 e. The second kappa shape index (κ2) is 18.9. The number of hydrogen-bond acceptors (Lipinski definition) is 8. The highest BCUT2D eigenvalue weighted by Crippen LogP contribution is 2.21. The van der Waals surface area contributed by atoms with Crippen LogP contribution in [0, 0.1) is 17.2 Å². The minimum Gasteiger partial charge on any atom is -0.493 e. The molecule has 0 spiro atoms. The van der Waals surface area contributed by atoms with Gasteiger partial charge in [-0.2, -0.15) is 5.26 Å². The van der Waals surface area contributed by atoms with E-state index in [1.54, 1.807) is 0 Å². The molecule has 218 valence electrons. The van der Waals surface area contributed by atoms with Gasteiger partial charge in [0.25, 0.3) is 0 Å². The fraction of sp³-hybridized carbons (Fsp3) is 0.464. The van der Waals surface area contributed by atoms with Crippen molar-refractivity contribution in [1.29, 1.82) is 5.26 Å². The number of aliphatic carboxylic acids is 4. The molecule has 2 atom stereocenters. The van der Waals surface area contributed by atoms with Crippen LogP contribution in [0.25, 0.3) is 0 Å². The first-order valence-corrected chi connectivity index (χ1v) is 12.9. The normalized spacial score (nSPS) is 17.8. The topological polar surface area (TPSA) is 189 Å². The fourth-order valence-electron chi connectivity index (χ4n) is 4.06. The number of carboxylic acid groups (broad SMARTS) is 4. The first kappa shape index (κ1) is 33.8. The second-order valence-electron chi connectivity index (χ2n) is 9.35. The lowest BCUT2D eigenvalue weighted by Gasteiger charge is -2.44. The molecule has 1 aromatic carbocycles. The third kappa shape index (κ3) is 15.9. The first-order valence-electron chi connectivity index (χ1n) is 12.9. The van der Waals surface area contributed by atoms with E-state index in [2.05, 4.69) is 22.8 Å². The van der Waals surface area contributed by atoms with E-state index in [9.17, 15) is 19.2 Å². The first-order chi connectivity index (χ1) is 19.0. The highest BCUT2D eigenvalue weighted by atomic mass is 16.5. The summed E-state index contributed by atoms with van der Waals surface area (Å²) in [6, 6.07) is 10.3. The number of ether oxygens (including phenoxy) is 1. The zero-order chi connectivity index (χ0) is 29.9. The number of hydrogen-bond donors (Lipinski definition) is 4. The average Bonchev–Trinajstić information content (AvgIpc) is 2.93. The van der Waals surface area contributed by atoms with E-state index in [0.717, 1.165) is 18.4 Å². The molecule has 12 heteroatoms. The van der Waals surface area contributed by atoms with Crippen LogP contribution in [0.15, 0.2) is 48.6 Å². The number of nitrogens with zero attached hydrogens (tertiary/aromatic N) is 3. The molecule has 4 N–H and O–H groups in total. The lowest BCUT2D eigenvalue weighted by molar-refractivity contribution is -0.134. The highest BCUT2D eigenvalue weighted by Gasteiger charge is 2.28. The van der Waals surface area contributed by atoms with Gasteiger partial charge in [0.15, 0.2) is 0 Å². The van der Waals surface area contributed by atoms with E-state index >= 15 is 0 Å². The Kier molecular flexibility index (Phi) is 16.0. The molecule has 2 aliphatic heterocycles. The maximum atomic E-state index is 9.55. The van der Waals surface area contributed by atoms with Gasteiger partial charge in [0.05, 0.1) is 18.2 Å². The van der Waals surface area contributed by atoms with E-state index < -0.39 is 23.9 Å². The monoisotopic (exact) mass is 559 g/mol.